The molecule has 0 saturated heterocycles. The summed E-state index contributed by atoms with van der Waals surface area (Å²) in [6.45, 7) is 3.71. The lowest BCUT2D eigenvalue weighted by Gasteiger charge is -2.04. The summed E-state index contributed by atoms with van der Waals surface area (Å²) in [6, 6.07) is 0. The summed E-state index contributed by atoms with van der Waals surface area (Å²) in [6.07, 6.45) is 0. The highest BCUT2D eigenvalue weighted by Gasteiger charge is 2.22. The third kappa shape index (κ3) is 2.19. The van der Waals surface area contributed by atoms with E-state index in [2.05, 4.69) is 9.72 Å². The van der Waals surface area contributed by atoms with Gasteiger partial charge in [0.25, 0.3) is 0 Å². The molecular weight excluding hydrogens is 210 g/mol. The van der Waals surface area contributed by atoms with Crippen molar-refractivity contribution in [3.8, 4) is 0 Å². The molecule has 0 fully saturated rings. The minimum Gasteiger partial charge on any atom is -0.468 e. The Balaban J connectivity index is 2.94. The van der Waals surface area contributed by atoms with Crippen LogP contribution in [0.5, 0.6) is 0 Å². The molecule has 0 spiro atoms. The standard InChI is InChI=1S/C8H10ClNO2S/c1-4-7(13-5(2)10-4)6(9)8(11)12-3/h6H,1-3H3. The molecular formula is C8H10ClNO2S. The zero-order valence-corrected chi connectivity index (χ0v) is 9.20. The lowest BCUT2D eigenvalue weighted by molar-refractivity contribution is -0.140. The second kappa shape index (κ2) is 4.07. The van der Waals surface area contributed by atoms with Gasteiger partial charge in [0.05, 0.1) is 22.7 Å². The van der Waals surface area contributed by atoms with Gasteiger partial charge in [-0.2, -0.15) is 0 Å². The number of rotatable bonds is 2. The lowest BCUT2D eigenvalue weighted by Crippen LogP contribution is -2.08. The molecule has 0 aliphatic heterocycles. The first-order valence-corrected chi connectivity index (χ1v) is 4.97. The van der Waals surface area contributed by atoms with Gasteiger partial charge in [0.1, 0.15) is 0 Å². The maximum absolute atomic E-state index is 11.1. The van der Waals surface area contributed by atoms with Crippen LogP contribution in [0.3, 0.4) is 0 Å². The van der Waals surface area contributed by atoms with Crippen molar-refractivity contribution in [3.63, 3.8) is 0 Å². The number of thiazole rings is 1. The predicted molar refractivity (Wildman–Crippen MR) is 52.2 cm³/mol. The molecule has 1 heterocycles. The third-order valence-corrected chi connectivity index (χ3v) is 3.24. The molecule has 0 N–H and O–H groups in total. The fraction of sp³-hybridized carbons (Fsp3) is 0.500. The molecule has 0 aliphatic carbocycles. The number of ether oxygens (including phenoxy) is 1. The van der Waals surface area contributed by atoms with Crippen LogP contribution in [0.2, 0.25) is 0 Å². The Morgan fingerprint density at radius 1 is 1.62 bits per heavy atom. The van der Waals surface area contributed by atoms with Gasteiger partial charge in [-0.1, -0.05) is 0 Å². The molecule has 0 amide bonds. The number of esters is 1. The van der Waals surface area contributed by atoms with Gasteiger partial charge in [0.15, 0.2) is 5.38 Å². The normalized spacial score (nSPS) is 12.6. The minimum absolute atomic E-state index is 0.437. The summed E-state index contributed by atoms with van der Waals surface area (Å²) >= 11 is 7.29. The number of hydrogen-bond acceptors (Lipinski definition) is 4. The van der Waals surface area contributed by atoms with E-state index in [4.69, 9.17) is 11.6 Å². The number of hydrogen-bond donors (Lipinski definition) is 0. The van der Waals surface area contributed by atoms with Crippen LogP contribution in [0.1, 0.15) is 21.0 Å². The second-order valence-electron chi connectivity index (χ2n) is 2.57. The summed E-state index contributed by atoms with van der Waals surface area (Å²) in [5.74, 6) is -0.437. The van der Waals surface area contributed by atoms with E-state index < -0.39 is 11.3 Å². The van der Waals surface area contributed by atoms with Gasteiger partial charge in [-0.15, -0.1) is 22.9 Å². The van der Waals surface area contributed by atoms with Crippen molar-refractivity contribution in [2.24, 2.45) is 0 Å². The molecule has 72 valence electrons. The van der Waals surface area contributed by atoms with Gasteiger partial charge >= 0.3 is 5.97 Å². The minimum atomic E-state index is -0.726. The number of methoxy groups -OCH3 is 1. The highest BCUT2D eigenvalue weighted by atomic mass is 35.5. The van der Waals surface area contributed by atoms with E-state index in [1.807, 2.05) is 13.8 Å². The number of halogens is 1. The zero-order valence-electron chi connectivity index (χ0n) is 7.63. The molecule has 0 radical (unpaired) electrons. The average molecular weight is 220 g/mol. The van der Waals surface area contributed by atoms with Gasteiger partial charge in [-0.25, -0.2) is 4.98 Å². The van der Waals surface area contributed by atoms with E-state index in [0.29, 0.717) is 0 Å². The van der Waals surface area contributed by atoms with Gasteiger partial charge in [-0.05, 0) is 13.8 Å². The monoisotopic (exact) mass is 219 g/mol. The second-order valence-corrected chi connectivity index (χ2v) is 4.24. The number of aryl methyl sites for hydroxylation is 2. The van der Waals surface area contributed by atoms with E-state index in [9.17, 15) is 4.79 Å². The van der Waals surface area contributed by atoms with Crippen LogP contribution in [0, 0.1) is 13.8 Å². The largest absolute Gasteiger partial charge is 0.468 e. The molecule has 1 aromatic rings. The first-order chi connectivity index (χ1) is 6.06. The van der Waals surface area contributed by atoms with Crippen LogP contribution in [-0.4, -0.2) is 18.1 Å². The van der Waals surface area contributed by atoms with Crippen molar-refractivity contribution in [2.45, 2.75) is 19.2 Å². The fourth-order valence-corrected chi connectivity index (χ4v) is 2.27. The van der Waals surface area contributed by atoms with Crippen molar-refractivity contribution in [2.75, 3.05) is 7.11 Å². The Morgan fingerprint density at radius 3 is 2.62 bits per heavy atom. The number of nitrogens with zero attached hydrogens (tertiary/aromatic N) is 1. The highest BCUT2D eigenvalue weighted by Crippen LogP contribution is 2.30. The fourth-order valence-electron chi connectivity index (χ4n) is 0.993. The Morgan fingerprint density at radius 2 is 2.23 bits per heavy atom. The smallest absolute Gasteiger partial charge is 0.329 e. The van der Waals surface area contributed by atoms with Crippen LogP contribution < -0.4 is 0 Å². The first-order valence-electron chi connectivity index (χ1n) is 3.72. The molecule has 1 rings (SSSR count). The molecule has 0 aromatic carbocycles. The number of alkyl halides is 1. The van der Waals surface area contributed by atoms with Crippen LogP contribution >= 0.6 is 22.9 Å². The summed E-state index contributed by atoms with van der Waals surface area (Å²) < 4.78 is 4.54. The van der Waals surface area contributed by atoms with E-state index in [1.54, 1.807) is 0 Å². The molecule has 13 heavy (non-hydrogen) atoms. The van der Waals surface area contributed by atoms with Crippen LogP contribution in [-0.2, 0) is 9.53 Å². The van der Waals surface area contributed by atoms with Gasteiger partial charge in [0.2, 0.25) is 0 Å². The summed E-state index contributed by atoms with van der Waals surface area (Å²) in [7, 11) is 1.32. The number of aromatic nitrogens is 1. The predicted octanol–water partition coefficient (Wildman–Crippen LogP) is 2.21. The summed E-state index contributed by atoms with van der Waals surface area (Å²) in [5, 5.41) is 0.179. The summed E-state index contributed by atoms with van der Waals surface area (Å²) in [4.78, 5) is 16.0. The number of carbonyl (C=O) groups excluding carboxylic acids is 1. The van der Waals surface area contributed by atoms with Gasteiger partial charge < -0.3 is 4.74 Å². The van der Waals surface area contributed by atoms with Crippen molar-refractivity contribution in [1.29, 1.82) is 0 Å². The molecule has 1 aromatic heterocycles. The SMILES string of the molecule is COC(=O)C(Cl)c1sc(C)nc1C. The Labute approximate surface area is 85.7 Å². The van der Waals surface area contributed by atoms with Gasteiger partial charge in [-0.3, -0.25) is 4.79 Å². The topological polar surface area (TPSA) is 39.2 Å². The first kappa shape index (κ1) is 10.5. The zero-order chi connectivity index (χ0) is 10.0. The Bertz CT molecular complexity index is 324. The van der Waals surface area contributed by atoms with Crippen molar-refractivity contribution < 1.29 is 9.53 Å². The maximum atomic E-state index is 11.1. The quantitative estimate of drug-likeness (QED) is 0.566. The van der Waals surface area contributed by atoms with E-state index in [1.165, 1.54) is 18.4 Å². The molecule has 1 atom stereocenters. The highest BCUT2D eigenvalue weighted by molar-refractivity contribution is 7.12. The third-order valence-electron chi connectivity index (χ3n) is 1.58. The van der Waals surface area contributed by atoms with Crippen LogP contribution in [0.15, 0.2) is 0 Å². The molecule has 0 aliphatic rings. The molecule has 0 bridgehead atoms. The Hall–Kier alpha value is -0.610. The van der Waals surface area contributed by atoms with E-state index in [0.717, 1.165) is 15.6 Å². The van der Waals surface area contributed by atoms with Crippen molar-refractivity contribution in [1.82, 2.24) is 4.98 Å². The molecule has 1 unspecified atom stereocenters. The lowest BCUT2D eigenvalue weighted by atomic mass is 10.3. The van der Waals surface area contributed by atoms with E-state index >= 15 is 0 Å². The Kier molecular flexibility index (Phi) is 3.27. The summed E-state index contributed by atoms with van der Waals surface area (Å²) in [5.41, 5.74) is 0.799. The van der Waals surface area contributed by atoms with E-state index in [-0.39, 0.29) is 0 Å². The molecule has 5 heteroatoms. The van der Waals surface area contributed by atoms with Crippen LogP contribution in [0.25, 0.3) is 0 Å². The maximum Gasteiger partial charge on any atom is 0.329 e. The van der Waals surface area contributed by atoms with Gasteiger partial charge in [0, 0.05) is 0 Å². The average Bonchev–Trinajstić information content (AvgIpc) is 2.42. The molecule has 3 nitrogen and oxygen atoms in total. The van der Waals surface area contributed by atoms with Crippen LogP contribution in [0.4, 0.5) is 0 Å². The molecule has 0 saturated carbocycles. The van der Waals surface area contributed by atoms with Crippen molar-refractivity contribution >= 4 is 28.9 Å². The van der Waals surface area contributed by atoms with Crippen molar-refractivity contribution in [3.05, 3.63) is 15.6 Å². The number of carbonyl (C=O) groups is 1.